The first-order valence-corrected chi connectivity index (χ1v) is 6.04. The Hall–Kier alpha value is -0.900. The van der Waals surface area contributed by atoms with E-state index in [0.717, 1.165) is 15.9 Å². The molecule has 1 saturated carbocycles. The smallest absolute Gasteiger partial charge is 0.230 e. The van der Waals surface area contributed by atoms with Crippen molar-refractivity contribution in [2.75, 3.05) is 0 Å². The highest BCUT2D eigenvalue weighted by molar-refractivity contribution is 9.10. The van der Waals surface area contributed by atoms with E-state index in [2.05, 4.69) is 25.9 Å². The molecule has 0 spiro atoms. The molecule has 0 radical (unpaired) electrons. The SMILES string of the molecule is Brc1cc2cnc(C3CCCC3)nc2o1. The molecule has 1 aliphatic rings. The Morgan fingerprint density at radius 1 is 1.33 bits per heavy atom. The third-order valence-electron chi connectivity index (χ3n) is 2.98. The molecule has 3 rings (SSSR count). The van der Waals surface area contributed by atoms with Gasteiger partial charge < -0.3 is 4.42 Å². The van der Waals surface area contributed by atoms with Gasteiger partial charge in [0.1, 0.15) is 5.82 Å². The van der Waals surface area contributed by atoms with Gasteiger partial charge in [-0.3, -0.25) is 0 Å². The maximum atomic E-state index is 5.43. The summed E-state index contributed by atoms with van der Waals surface area (Å²) in [4.78, 5) is 8.88. The van der Waals surface area contributed by atoms with Gasteiger partial charge in [-0.2, -0.15) is 4.98 Å². The van der Waals surface area contributed by atoms with Gasteiger partial charge in [0, 0.05) is 18.2 Å². The lowest BCUT2D eigenvalue weighted by molar-refractivity contribution is 0.566. The lowest BCUT2D eigenvalue weighted by Gasteiger charge is -2.05. The van der Waals surface area contributed by atoms with E-state index >= 15 is 0 Å². The van der Waals surface area contributed by atoms with Crippen LogP contribution in [0.3, 0.4) is 0 Å². The predicted molar refractivity (Wildman–Crippen MR) is 60.7 cm³/mol. The molecule has 2 aromatic heterocycles. The zero-order valence-electron chi connectivity index (χ0n) is 8.24. The second kappa shape index (κ2) is 3.59. The van der Waals surface area contributed by atoms with E-state index in [9.17, 15) is 0 Å². The molecule has 0 unspecified atom stereocenters. The van der Waals surface area contributed by atoms with Crippen LogP contribution in [0.4, 0.5) is 0 Å². The van der Waals surface area contributed by atoms with Crippen LogP contribution < -0.4 is 0 Å². The number of fused-ring (bicyclic) bond motifs is 1. The monoisotopic (exact) mass is 266 g/mol. The highest BCUT2D eigenvalue weighted by atomic mass is 79.9. The van der Waals surface area contributed by atoms with Gasteiger partial charge in [0.2, 0.25) is 5.71 Å². The summed E-state index contributed by atoms with van der Waals surface area (Å²) in [6, 6.07) is 1.90. The van der Waals surface area contributed by atoms with Crippen molar-refractivity contribution in [2.45, 2.75) is 31.6 Å². The molecule has 0 atom stereocenters. The zero-order chi connectivity index (χ0) is 10.3. The Balaban J connectivity index is 2.04. The van der Waals surface area contributed by atoms with E-state index in [-0.39, 0.29) is 0 Å². The van der Waals surface area contributed by atoms with Crippen LogP contribution in [0, 0.1) is 0 Å². The maximum absolute atomic E-state index is 5.43. The number of furan rings is 1. The molecule has 0 bridgehead atoms. The van der Waals surface area contributed by atoms with Crippen molar-refractivity contribution in [3.63, 3.8) is 0 Å². The largest absolute Gasteiger partial charge is 0.431 e. The van der Waals surface area contributed by atoms with Gasteiger partial charge in [-0.15, -0.1) is 0 Å². The number of halogens is 1. The van der Waals surface area contributed by atoms with Crippen LogP contribution in [0.2, 0.25) is 0 Å². The summed E-state index contributed by atoms with van der Waals surface area (Å²) in [6.45, 7) is 0. The fourth-order valence-corrected chi connectivity index (χ4v) is 2.59. The van der Waals surface area contributed by atoms with E-state index in [1.807, 2.05) is 12.3 Å². The summed E-state index contributed by atoms with van der Waals surface area (Å²) < 4.78 is 6.15. The predicted octanol–water partition coefficient (Wildman–Crippen LogP) is 3.64. The van der Waals surface area contributed by atoms with Crippen molar-refractivity contribution in [1.82, 2.24) is 9.97 Å². The molecule has 0 aliphatic heterocycles. The van der Waals surface area contributed by atoms with Crippen LogP contribution in [0.5, 0.6) is 0 Å². The Morgan fingerprint density at radius 3 is 2.93 bits per heavy atom. The van der Waals surface area contributed by atoms with Crippen molar-refractivity contribution < 1.29 is 4.42 Å². The Kier molecular flexibility index (Phi) is 2.24. The fraction of sp³-hybridized carbons (Fsp3) is 0.455. The molecule has 3 nitrogen and oxygen atoms in total. The van der Waals surface area contributed by atoms with Gasteiger partial charge in [0.15, 0.2) is 4.67 Å². The lowest BCUT2D eigenvalue weighted by Crippen LogP contribution is -1.99. The van der Waals surface area contributed by atoms with Crippen molar-refractivity contribution in [2.24, 2.45) is 0 Å². The number of rotatable bonds is 1. The zero-order valence-corrected chi connectivity index (χ0v) is 9.83. The van der Waals surface area contributed by atoms with Crippen LogP contribution in [0.15, 0.2) is 21.3 Å². The molecule has 2 heterocycles. The van der Waals surface area contributed by atoms with Gasteiger partial charge in [0.25, 0.3) is 0 Å². The molecule has 4 heteroatoms. The highest BCUT2D eigenvalue weighted by Gasteiger charge is 2.20. The van der Waals surface area contributed by atoms with Crippen molar-refractivity contribution in [3.05, 3.63) is 22.8 Å². The average molecular weight is 267 g/mol. The molecule has 78 valence electrons. The number of aromatic nitrogens is 2. The standard InChI is InChI=1S/C11H11BrN2O/c12-9-5-8-6-13-10(14-11(8)15-9)7-3-1-2-4-7/h5-7H,1-4H2. The summed E-state index contributed by atoms with van der Waals surface area (Å²) in [5.41, 5.74) is 0.693. The van der Waals surface area contributed by atoms with E-state index in [0.29, 0.717) is 11.6 Å². The Bertz CT molecular complexity index is 488. The summed E-state index contributed by atoms with van der Waals surface area (Å²) >= 11 is 3.30. The fourth-order valence-electron chi connectivity index (χ4n) is 2.19. The third-order valence-corrected chi connectivity index (χ3v) is 3.37. The minimum atomic E-state index is 0.540. The van der Waals surface area contributed by atoms with Crippen molar-refractivity contribution in [1.29, 1.82) is 0 Å². The second-order valence-corrected chi connectivity index (χ2v) is 4.80. The minimum Gasteiger partial charge on any atom is -0.431 e. The normalized spacial score (nSPS) is 17.7. The molecule has 1 aliphatic carbocycles. The average Bonchev–Trinajstić information content (AvgIpc) is 2.82. The molecule has 15 heavy (non-hydrogen) atoms. The van der Waals surface area contributed by atoms with Gasteiger partial charge in [-0.1, -0.05) is 12.8 Å². The number of nitrogens with zero attached hydrogens (tertiary/aromatic N) is 2. The number of hydrogen-bond acceptors (Lipinski definition) is 3. The molecular formula is C11H11BrN2O. The van der Waals surface area contributed by atoms with Crippen LogP contribution in [-0.4, -0.2) is 9.97 Å². The lowest BCUT2D eigenvalue weighted by atomic mass is 10.1. The van der Waals surface area contributed by atoms with Crippen molar-refractivity contribution >= 4 is 27.0 Å². The van der Waals surface area contributed by atoms with E-state index in [1.165, 1.54) is 25.7 Å². The highest BCUT2D eigenvalue weighted by Crippen LogP contribution is 2.33. The van der Waals surface area contributed by atoms with Gasteiger partial charge >= 0.3 is 0 Å². The molecule has 0 saturated heterocycles. The van der Waals surface area contributed by atoms with Crippen LogP contribution in [0.1, 0.15) is 37.4 Å². The third kappa shape index (κ3) is 1.67. The maximum Gasteiger partial charge on any atom is 0.230 e. The Labute approximate surface area is 96.0 Å². The number of hydrogen-bond donors (Lipinski definition) is 0. The summed E-state index contributed by atoms with van der Waals surface area (Å²) in [5, 5.41) is 0.962. The first kappa shape index (κ1) is 9.33. The Morgan fingerprint density at radius 2 is 2.13 bits per heavy atom. The van der Waals surface area contributed by atoms with Crippen LogP contribution in [0.25, 0.3) is 11.1 Å². The minimum absolute atomic E-state index is 0.540. The first-order chi connectivity index (χ1) is 7.33. The molecule has 0 amide bonds. The molecular weight excluding hydrogens is 256 g/mol. The second-order valence-electron chi connectivity index (χ2n) is 4.02. The topological polar surface area (TPSA) is 38.9 Å². The molecule has 0 aromatic carbocycles. The van der Waals surface area contributed by atoms with Crippen molar-refractivity contribution in [3.8, 4) is 0 Å². The van der Waals surface area contributed by atoms with Crippen LogP contribution >= 0.6 is 15.9 Å². The van der Waals surface area contributed by atoms with E-state index in [1.54, 1.807) is 0 Å². The summed E-state index contributed by atoms with van der Waals surface area (Å²) in [7, 11) is 0. The molecule has 2 aromatic rings. The first-order valence-electron chi connectivity index (χ1n) is 5.25. The quantitative estimate of drug-likeness (QED) is 0.791. The molecule has 0 N–H and O–H groups in total. The summed E-state index contributed by atoms with van der Waals surface area (Å²) in [5.74, 6) is 1.49. The van der Waals surface area contributed by atoms with E-state index in [4.69, 9.17) is 4.42 Å². The summed E-state index contributed by atoms with van der Waals surface area (Å²) in [6.07, 6.45) is 6.88. The van der Waals surface area contributed by atoms with Gasteiger partial charge in [0.05, 0.1) is 5.39 Å². The van der Waals surface area contributed by atoms with Gasteiger partial charge in [-0.25, -0.2) is 4.98 Å². The van der Waals surface area contributed by atoms with Crippen LogP contribution in [-0.2, 0) is 0 Å². The van der Waals surface area contributed by atoms with Gasteiger partial charge in [-0.05, 0) is 28.8 Å². The molecule has 1 fully saturated rings. The van der Waals surface area contributed by atoms with E-state index < -0.39 is 0 Å².